The summed E-state index contributed by atoms with van der Waals surface area (Å²) in [6, 6.07) is 8.23. The lowest BCUT2D eigenvalue weighted by Crippen LogP contribution is -2.48. The fourth-order valence-electron chi connectivity index (χ4n) is 5.91. The number of piperidine rings is 1. The van der Waals surface area contributed by atoms with Crippen LogP contribution in [0.3, 0.4) is 0 Å². The van der Waals surface area contributed by atoms with Crippen molar-refractivity contribution < 1.29 is 17.9 Å². The number of hydrogen-bond donors (Lipinski definition) is 1. The van der Waals surface area contributed by atoms with E-state index in [1.54, 1.807) is 15.6 Å². The van der Waals surface area contributed by atoms with Gasteiger partial charge in [0, 0.05) is 48.6 Å². The summed E-state index contributed by atoms with van der Waals surface area (Å²) >= 11 is 1.74. The minimum absolute atomic E-state index is 0.309. The van der Waals surface area contributed by atoms with Crippen LogP contribution in [0.1, 0.15) is 17.7 Å². The lowest BCUT2D eigenvalue weighted by Gasteiger charge is -2.35. The van der Waals surface area contributed by atoms with Crippen LogP contribution in [-0.2, 0) is 26.0 Å². The first kappa shape index (κ1) is 26.2. The van der Waals surface area contributed by atoms with Gasteiger partial charge in [0.05, 0.1) is 53.6 Å². The van der Waals surface area contributed by atoms with E-state index >= 15 is 0 Å². The Kier molecular flexibility index (Phi) is 7.18. The van der Waals surface area contributed by atoms with E-state index in [1.165, 1.54) is 4.88 Å². The van der Waals surface area contributed by atoms with Crippen LogP contribution in [0.2, 0.25) is 0 Å². The summed E-state index contributed by atoms with van der Waals surface area (Å²) in [6.45, 7) is 7.15. The van der Waals surface area contributed by atoms with E-state index in [0.717, 1.165) is 65.2 Å². The largest absolute Gasteiger partial charge is 0.379 e. The van der Waals surface area contributed by atoms with Gasteiger partial charge in [-0.25, -0.2) is 18.4 Å². The van der Waals surface area contributed by atoms with Gasteiger partial charge in [0.25, 0.3) is 0 Å². The Balaban J connectivity index is 1.14. The number of aromatic nitrogens is 4. The normalized spacial score (nSPS) is 20.6. The molecule has 0 radical (unpaired) electrons. The third-order valence-electron chi connectivity index (χ3n) is 8.11. The van der Waals surface area contributed by atoms with Gasteiger partial charge in [-0.2, -0.15) is 9.40 Å². The molecule has 0 aliphatic carbocycles. The van der Waals surface area contributed by atoms with Gasteiger partial charge >= 0.3 is 0 Å². The van der Waals surface area contributed by atoms with E-state index < -0.39 is 10.0 Å². The number of rotatable bonds is 6. The van der Waals surface area contributed by atoms with E-state index in [1.807, 2.05) is 24.4 Å². The molecule has 3 aliphatic heterocycles. The summed E-state index contributed by atoms with van der Waals surface area (Å²) in [4.78, 5) is 16.0. The highest BCUT2D eigenvalue weighted by Gasteiger charge is 2.35. The molecule has 40 heavy (non-hydrogen) atoms. The smallest absolute Gasteiger partial charge is 0.217 e. The van der Waals surface area contributed by atoms with E-state index in [4.69, 9.17) is 19.4 Å². The summed E-state index contributed by atoms with van der Waals surface area (Å²) < 4.78 is 40.0. The van der Waals surface area contributed by atoms with Crippen LogP contribution < -0.4 is 4.90 Å². The quantitative estimate of drug-likeness (QED) is 0.366. The minimum atomic E-state index is -3.27. The van der Waals surface area contributed by atoms with Crippen molar-refractivity contribution >= 4 is 48.3 Å². The van der Waals surface area contributed by atoms with Crippen LogP contribution >= 0.6 is 11.3 Å². The number of ether oxygens (including phenoxy) is 2. The predicted molar refractivity (Wildman–Crippen MR) is 155 cm³/mol. The van der Waals surface area contributed by atoms with Crippen molar-refractivity contribution in [2.75, 3.05) is 70.6 Å². The molecule has 3 fully saturated rings. The average Bonchev–Trinajstić information content (AvgIpc) is 3.64. The molecule has 0 bridgehead atoms. The second kappa shape index (κ2) is 11.0. The number of fused-ring (bicyclic) bond motifs is 2. The topological polar surface area (TPSA) is 117 Å². The minimum Gasteiger partial charge on any atom is -0.379 e. The Labute approximate surface area is 237 Å². The van der Waals surface area contributed by atoms with Crippen molar-refractivity contribution in [3.63, 3.8) is 0 Å². The highest BCUT2D eigenvalue weighted by molar-refractivity contribution is 7.89. The zero-order valence-corrected chi connectivity index (χ0v) is 23.9. The molecule has 0 atom stereocenters. The zero-order chi connectivity index (χ0) is 27.1. The number of H-pyrrole nitrogens is 1. The van der Waals surface area contributed by atoms with Crippen molar-refractivity contribution in [3.8, 4) is 11.4 Å². The van der Waals surface area contributed by atoms with Gasteiger partial charge < -0.3 is 14.4 Å². The number of thiophene rings is 1. The summed E-state index contributed by atoms with van der Waals surface area (Å²) in [7, 11) is -3.27. The Morgan fingerprint density at radius 3 is 2.50 bits per heavy atom. The number of nitrogens with zero attached hydrogens (tertiary/aromatic N) is 6. The Morgan fingerprint density at radius 1 is 0.975 bits per heavy atom. The number of benzene rings is 1. The summed E-state index contributed by atoms with van der Waals surface area (Å²) in [5.41, 5.74) is 2.86. The van der Waals surface area contributed by atoms with Crippen LogP contribution in [0.15, 0.2) is 30.5 Å². The molecule has 7 rings (SSSR count). The monoisotopic (exact) mass is 583 g/mol. The fraction of sp³-hybridized carbons (Fsp3) is 0.519. The van der Waals surface area contributed by atoms with Crippen LogP contribution in [0.5, 0.6) is 0 Å². The zero-order valence-electron chi connectivity index (χ0n) is 22.3. The van der Waals surface area contributed by atoms with E-state index in [0.29, 0.717) is 58.2 Å². The number of morpholine rings is 2. The molecule has 13 heteroatoms. The molecule has 3 aromatic heterocycles. The number of anilines is 1. The first-order valence-electron chi connectivity index (χ1n) is 13.9. The van der Waals surface area contributed by atoms with Crippen molar-refractivity contribution in [2.24, 2.45) is 0 Å². The van der Waals surface area contributed by atoms with Crippen LogP contribution in [0.4, 0.5) is 5.82 Å². The summed E-state index contributed by atoms with van der Waals surface area (Å²) in [6.07, 6.45) is 3.14. The highest BCUT2D eigenvalue weighted by Crippen LogP contribution is 2.36. The fourth-order valence-corrected chi connectivity index (χ4v) is 8.95. The van der Waals surface area contributed by atoms with Gasteiger partial charge in [0.15, 0.2) is 11.6 Å². The van der Waals surface area contributed by atoms with Gasteiger partial charge in [-0.1, -0.05) is 12.1 Å². The second-order valence-electron chi connectivity index (χ2n) is 10.6. The Morgan fingerprint density at radius 2 is 1.73 bits per heavy atom. The highest BCUT2D eigenvalue weighted by atomic mass is 32.2. The molecule has 1 aromatic carbocycles. The van der Waals surface area contributed by atoms with Gasteiger partial charge in [0.2, 0.25) is 10.0 Å². The van der Waals surface area contributed by atoms with Crippen LogP contribution in [0, 0.1) is 0 Å². The lowest BCUT2D eigenvalue weighted by atomic mass is 10.1. The maximum absolute atomic E-state index is 13.1. The molecule has 0 saturated carbocycles. The van der Waals surface area contributed by atoms with Crippen LogP contribution in [-0.4, -0.2) is 109 Å². The van der Waals surface area contributed by atoms with E-state index in [9.17, 15) is 8.42 Å². The molecule has 0 amide bonds. The molecule has 3 aliphatic rings. The van der Waals surface area contributed by atoms with Gasteiger partial charge in [0.1, 0.15) is 0 Å². The number of sulfonamides is 1. The standard InChI is InChI=1S/C27H33N7O4S2/c35-40(36,34-10-14-38-15-11-34)20-4-6-32(7-5-20)18-19-16-24-25(39-19)27(33-8-12-37-13-9-33)30-26(29-24)21-2-1-3-23-22(21)17-28-31-23/h1-3,16-17,20H,4-15,18H2,(H,28,31). The Bertz CT molecular complexity index is 1600. The molecule has 3 saturated heterocycles. The molecule has 4 aromatic rings. The number of hydrogen-bond acceptors (Lipinski definition) is 10. The third kappa shape index (κ3) is 4.99. The van der Waals surface area contributed by atoms with E-state index in [2.05, 4.69) is 26.1 Å². The number of aromatic amines is 1. The molecule has 0 unspecified atom stereocenters. The molecule has 11 nitrogen and oxygen atoms in total. The maximum Gasteiger partial charge on any atom is 0.217 e. The lowest BCUT2D eigenvalue weighted by molar-refractivity contribution is 0.0720. The number of nitrogens with one attached hydrogen (secondary N) is 1. The molecular formula is C27H33N7O4S2. The Hall–Kier alpha value is -2.68. The SMILES string of the molecule is O=S(=O)(C1CCN(Cc2cc3nc(-c4cccc5[nH]ncc45)nc(N4CCOCC4)c3s2)CC1)N1CCOCC1. The van der Waals surface area contributed by atoms with Gasteiger partial charge in [-0.15, -0.1) is 11.3 Å². The second-order valence-corrected chi connectivity index (χ2v) is 13.9. The molecule has 1 N–H and O–H groups in total. The van der Waals surface area contributed by atoms with Crippen molar-refractivity contribution in [1.29, 1.82) is 0 Å². The molecule has 6 heterocycles. The maximum atomic E-state index is 13.1. The first-order chi connectivity index (χ1) is 19.6. The van der Waals surface area contributed by atoms with Crippen molar-refractivity contribution in [2.45, 2.75) is 24.6 Å². The summed E-state index contributed by atoms with van der Waals surface area (Å²) in [5.74, 6) is 1.65. The van der Waals surface area contributed by atoms with Gasteiger partial charge in [-0.3, -0.25) is 10.00 Å². The predicted octanol–water partition coefficient (Wildman–Crippen LogP) is 2.70. The van der Waals surface area contributed by atoms with E-state index in [-0.39, 0.29) is 5.25 Å². The first-order valence-corrected chi connectivity index (χ1v) is 16.2. The number of likely N-dealkylation sites (tertiary alicyclic amines) is 1. The molecular weight excluding hydrogens is 550 g/mol. The summed E-state index contributed by atoms with van der Waals surface area (Å²) in [5, 5.41) is 7.96. The van der Waals surface area contributed by atoms with Crippen molar-refractivity contribution in [3.05, 3.63) is 35.3 Å². The van der Waals surface area contributed by atoms with Gasteiger partial charge in [-0.05, 0) is 38.1 Å². The molecule has 0 spiro atoms. The molecule has 212 valence electrons. The van der Waals surface area contributed by atoms with Crippen LogP contribution in [0.25, 0.3) is 32.5 Å². The van der Waals surface area contributed by atoms with Crippen molar-refractivity contribution in [1.82, 2.24) is 29.4 Å². The third-order valence-corrected chi connectivity index (χ3v) is 11.6. The average molecular weight is 584 g/mol.